The summed E-state index contributed by atoms with van der Waals surface area (Å²) >= 11 is 3.25. The van der Waals surface area contributed by atoms with Crippen LogP contribution in [0.1, 0.15) is 62.8 Å². The van der Waals surface area contributed by atoms with Gasteiger partial charge >= 0.3 is 21.9 Å². The van der Waals surface area contributed by atoms with Crippen LogP contribution >= 0.6 is 15.9 Å². The highest BCUT2D eigenvalue weighted by molar-refractivity contribution is 9.10. The van der Waals surface area contributed by atoms with Crippen LogP contribution < -0.4 is 29.9 Å². The fraction of sp³-hybridized carbons (Fsp3) is 0.400. The van der Waals surface area contributed by atoms with Gasteiger partial charge in [-0.3, -0.25) is 0 Å². The number of hydrogen-bond donors (Lipinski definition) is 4. The van der Waals surface area contributed by atoms with Gasteiger partial charge in [-0.1, -0.05) is 25.6 Å². The molecule has 2 aliphatic rings. The molecule has 0 spiro atoms. The first kappa shape index (κ1) is 49.2. The van der Waals surface area contributed by atoms with Crippen LogP contribution in [-0.4, -0.2) is 85.9 Å². The van der Waals surface area contributed by atoms with E-state index >= 15 is 0 Å². The first-order valence-corrected chi connectivity index (χ1v) is 18.3. The molecule has 6 rings (SSSR count). The van der Waals surface area contributed by atoms with E-state index in [1.807, 2.05) is 55.4 Å². The Bertz CT molecular complexity index is 1860. The lowest BCUT2D eigenvalue weighted by Crippen LogP contribution is -2.41. The van der Waals surface area contributed by atoms with Crippen LogP contribution in [0.4, 0.5) is 4.39 Å². The predicted molar refractivity (Wildman–Crippen MR) is 225 cm³/mol. The number of phenolic OH excluding ortho intramolecular Hbond substituents is 2. The second-order valence-corrected chi connectivity index (χ2v) is 15.4. The zero-order valence-electron chi connectivity index (χ0n) is 33.5. The molecule has 2 fully saturated rings. The van der Waals surface area contributed by atoms with Gasteiger partial charge < -0.3 is 57.8 Å². The summed E-state index contributed by atoms with van der Waals surface area (Å²) in [6, 6.07) is 20.0. The van der Waals surface area contributed by atoms with Gasteiger partial charge in [-0.05, 0) is 108 Å². The van der Waals surface area contributed by atoms with Crippen LogP contribution in [0.25, 0.3) is 0 Å². The van der Waals surface area contributed by atoms with Crippen molar-refractivity contribution in [3.63, 3.8) is 0 Å². The van der Waals surface area contributed by atoms with Crippen LogP contribution in [0, 0.1) is 5.82 Å². The Kier molecular flexibility index (Phi) is 17.8. The predicted octanol–water partition coefficient (Wildman–Crippen LogP) is 6.93. The molecule has 0 saturated carbocycles. The van der Waals surface area contributed by atoms with Gasteiger partial charge in [0.15, 0.2) is 0 Å². The SMILES string of the molecule is C.CC1(C)O[B]OC1(C)C.COc1cc(O)ccc1B1OC(C)(C)C(C)(C)O1.COc1cc(O)ccc1Br.COc1cc(Oc2cccc(F)c2)ccc1B(O)O. The molecule has 0 bridgehead atoms. The average Bonchev–Trinajstić information content (AvgIpc) is 3.51. The zero-order chi connectivity index (χ0) is 42.1. The Morgan fingerprint density at radius 2 is 1.16 bits per heavy atom. The van der Waals surface area contributed by atoms with Gasteiger partial charge in [0.05, 0.1) is 48.2 Å². The Hall–Kier alpha value is -3.96. The molecule has 2 aliphatic heterocycles. The summed E-state index contributed by atoms with van der Waals surface area (Å²) in [5, 5.41) is 36.7. The molecule has 1 radical (unpaired) electrons. The van der Waals surface area contributed by atoms with E-state index < -0.39 is 20.1 Å². The number of hydrogen-bond acceptors (Lipinski definition) is 12. The van der Waals surface area contributed by atoms with E-state index in [1.165, 1.54) is 45.1 Å². The molecule has 4 aromatic rings. The van der Waals surface area contributed by atoms with Gasteiger partial charge in [-0.25, -0.2) is 4.39 Å². The van der Waals surface area contributed by atoms with Gasteiger partial charge in [-0.2, -0.15) is 0 Å². The lowest BCUT2D eigenvalue weighted by Gasteiger charge is -2.32. The van der Waals surface area contributed by atoms with E-state index in [2.05, 4.69) is 15.9 Å². The van der Waals surface area contributed by atoms with Gasteiger partial charge in [0.2, 0.25) is 0 Å². The summed E-state index contributed by atoms with van der Waals surface area (Å²) in [4.78, 5) is 0. The molecule has 17 heteroatoms. The third-order valence-corrected chi connectivity index (χ3v) is 10.2. The van der Waals surface area contributed by atoms with E-state index in [0.717, 1.165) is 9.94 Å². The molecule has 4 N–H and O–H groups in total. The average molecular weight is 858 g/mol. The first-order valence-electron chi connectivity index (χ1n) is 17.5. The molecule has 2 heterocycles. The minimum atomic E-state index is -1.63. The number of phenols is 2. The lowest BCUT2D eigenvalue weighted by molar-refractivity contribution is 0.00578. The summed E-state index contributed by atoms with van der Waals surface area (Å²) in [5.74, 6) is 2.21. The lowest BCUT2D eigenvalue weighted by atomic mass is 9.78. The van der Waals surface area contributed by atoms with Crippen molar-refractivity contribution in [3.8, 4) is 40.2 Å². The third-order valence-electron chi connectivity index (χ3n) is 9.51. The number of halogens is 2. The molecular weight excluding hydrogens is 804 g/mol. The Morgan fingerprint density at radius 1 is 0.649 bits per heavy atom. The van der Waals surface area contributed by atoms with Gasteiger partial charge in [0.25, 0.3) is 0 Å². The summed E-state index contributed by atoms with van der Waals surface area (Å²) in [6.45, 7) is 16.0. The molecule has 0 aromatic heterocycles. The van der Waals surface area contributed by atoms with Crippen molar-refractivity contribution in [2.45, 2.75) is 85.2 Å². The number of aromatic hydroxyl groups is 2. The molecule has 4 aromatic carbocycles. The topological polar surface area (TPSA) is 155 Å². The van der Waals surface area contributed by atoms with Crippen LogP contribution in [0.3, 0.4) is 0 Å². The van der Waals surface area contributed by atoms with Crippen LogP contribution in [0.5, 0.6) is 40.2 Å². The zero-order valence-corrected chi connectivity index (χ0v) is 35.1. The summed E-state index contributed by atoms with van der Waals surface area (Å²) in [6.07, 6.45) is 0. The quantitative estimate of drug-likeness (QED) is 0.143. The van der Waals surface area contributed by atoms with Crippen LogP contribution in [0.15, 0.2) is 83.3 Å². The fourth-order valence-corrected chi connectivity index (χ4v) is 5.10. The smallest absolute Gasteiger partial charge is 0.498 e. The maximum absolute atomic E-state index is 13.0. The monoisotopic (exact) mass is 857 g/mol. The summed E-state index contributed by atoms with van der Waals surface area (Å²) in [5.41, 5.74) is -0.135. The van der Waals surface area contributed by atoms with Gasteiger partial charge in [-0.15, -0.1) is 0 Å². The van der Waals surface area contributed by atoms with Crippen LogP contribution in [-0.2, 0) is 18.6 Å². The minimum absolute atomic E-state index is 0. The minimum Gasteiger partial charge on any atom is -0.508 e. The highest BCUT2D eigenvalue weighted by atomic mass is 79.9. The van der Waals surface area contributed by atoms with E-state index in [9.17, 15) is 9.50 Å². The first-order chi connectivity index (χ1) is 26.1. The molecule has 12 nitrogen and oxygen atoms in total. The highest BCUT2D eigenvalue weighted by Crippen LogP contribution is 2.37. The largest absolute Gasteiger partial charge is 0.508 e. The number of rotatable bonds is 7. The highest BCUT2D eigenvalue weighted by Gasteiger charge is 2.52. The Balaban J connectivity index is 0.000000273. The van der Waals surface area contributed by atoms with E-state index in [1.54, 1.807) is 62.8 Å². The van der Waals surface area contributed by atoms with Crippen molar-refractivity contribution in [2.24, 2.45) is 0 Å². The molecule has 309 valence electrons. The van der Waals surface area contributed by atoms with E-state index in [-0.39, 0.29) is 52.5 Å². The van der Waals surface area contributed by atoms with Gasteiger partial charge in [0.1, 0.15) is 46.1 Å². The second kappa shape index (κ2) is 20.6. The number of ether oxygens (including phenoxy) is 4. The molecule has 2 saturated heterocycles. The van der Waals surface area contributed by atoms with Crippen molar-refractivity contribution in [1.29, 1.82) is 0 Å². The fourth-order valence-electron chi connectivity index (χ4n) is 4.70. The molecule has 57 heavy (non-hydrogen) atoms. The van der Waals surface area contributed by atoms with Crippen molar-refractivity contribution in [2.75, 3.05) is 21.3 Å². The molecule has 0 atom stereocenters. The molecule has 0 amide bonds. The second-order valence-electron chi connectivity index (χ2n) is 14.5. The van der Waals surface area contributed by atoms with Gasteiger partial charge in [0, 0.05) is 35.2 Å². The van der Waals surface area contributed by atoms with E-state index in [0.29, 0.717) is 23.0 Å². The normalized spacial score (nSPS) is 16.4. The summed E-state index contributed by atoms with van der Waals surface area (Å²) in [7, 11) is 3.83. The van der Waals surface area contributed by atoms with Crippen molar-refractivity contribution < 1.29 is 62.2 Å². The Labute approximate surface area is 345 Å². The molecular formula is C40H54B3BrFO12. The maximum atomic E-state index is 13.0. The van der Waals surface area contributed by atoms with Crippen LogP contribution in [0.2, 0.25) is 0 Å². The van der Waals surface area contributed by atoms with Crippen molar-refractivity contribution in [1.82, 2.24) is 0 Å². The standard InChI is InChI=1S/C13H12BFO4.C13H19BO4.C7H7BrO2.C6H12BO2.CH4/c1-18-13-8-11(5-6-12(13)14(16)17)19-10-4-2-3-9(15)7-10;1-12(2)13(3,4)18-14(17-12)10-7-6-9(15)8-11(10)16-5;1-10-7-4-5(9)2-3-6(7)8;1-5(2)6(3,4)9-7-8-5;/h2-8,16-17H,1H3;6-8,15H,1-5H3;2-4,9H,1H3;1-4H3;1H4. The number of methoxy groups -OCH3 is 3. The maximum Gasteiger partial charge on any atom is 0.498 e. The summed E-state index contributed by atoms with van der Waals surface area (Å²) < 4.78 is 56.8. The third kappa shape index (κ3) is 13.3. The van der Waals surface area contributed by atoms with Crippen molar-refractivity contribution in [3.05, 3.63) is 89.2 Å². The Morgan fingerprint density at radius 3 is 1.61 bits per heavy atom. The van der Waals surface area contributed by atoms with Crippen molar-refractivity contribution >= 4 is 48.8 Å². The number of benzene rings is 4. The molecule has 0 unspecified atom stereocenters. The van der Waals surface area contributed by atoms with E-state index in [4.69, 9.17) is 52.7 Å². The molecule has 0 aliphatic carbocycles.